The Morgan fingerprint density at radius 1 is 1.65 bits per heavy atom. The van der Waals surface area contributed by atoms with E-state index in [0.29, 0.717) is 13.2 Å². The van der Waals surface area contributed by atoms with Gasteiger partial charge in [-0.25, -0.2) is 4.98 Å². The van der Waals surface area contributed by atoms with E-state index >= 15 is 0 Å². The van der Waals surface area contributed by atoms with E-state index in [-0.39, 0.29) is 22.4 Å². The molecule has 90 valence electrons. The summed E-state index contributed by atoms with van der Waals surface area (Å²) in [7, 11) is 0. The van der Waals surface area contributed by atoms with E-state index in [1.807, 2.05) is 0 Å². The first kappa shape index (κ1) is 11.7. The first-order valence-corrected chi connectivity index (χ1v) is 5.14. The van der Waals surface area contributed by atoms with E-state index in [1.165, 1.54) is 0 Å². The zero-order valence-electron chi connectivity index (χ0n) is 8.55. The highest BCUT2D eigenvalue weighted by Gasteiger charge is 2.23. The second-order valence-electron chi connectivity index (χ2n) is 3.50. The van der Waals surface area contributed by atoms with Gasteiger partial charge in [-0.1, -0.05) is 11.6 Å². The van der Waals surface area contributed by atoms with Crippen molar-refractivity contribution in [1.82, 2.24) is 10.3 Å². The van der Waals surface area contributed by atoms with Crippen molar-refractivity contribution in [3.05, 3.63) is 33.1 Å². The van der Waals surface area contributed by atoms with Crippen LogP contribution in [0.15, 0.2) is 12.3 Å². The summed E-state index contributed by atoms with van der Waals surface area (Å²) < 4.78 is 4.89. The Morgan fingerprint density at radius 3 is 2.88 bits per heavy atom. The lowest BCUT2D eigenvalue weighted by Crippen LogP contribution is -2.48. The molecule has 0 spiro atoms. The molecule has 0 unspecified atom stereocenters. The Labute approximate surface area is 101 Å². The third-order valence-corrected chi connectivity index (χ3v) is 2.55. The highest BCUT2D eigenvalue weighted by Crippen LogP contribution is 2.19. The van der Waals surface area contributed by atoms with Gasteiger partial charge in [0.15, 0.2) is 0 Å². The zero-order valence-corrected chi connectivity index (χ0v) is 9.31. The molecular formula is C9H8ClN3O4. The van der Waals surface area contributed by atoms with Gasteiger partial charge in [-0.15, -0.1) is 0 Å². The molecule has 8 heteroatoms. The lowest BCUT2D eigenvalue weighted by Gasteiger charge is -2.26. The molecule has 0 aliphatic carbocycles. The van der Waals surface area contributed by atoms with Gasteiger partial charge < -0.3 is 10.1 Å². The maximum atomic E-state index is 11.7. The van der Waals surface area contributed by atoms with E-state index in [1.54, 1.807) is 0 Å². The molecule has 1 N–H and O–H groups in total. The number of hydrogen-bond acceptors (Lipinski definition) is 5. The Kier molecular flexibility index (Phi) is 3.21. The van der Waals surface area contributed by atoms with Gasteiger partial charge in [0.05, 0.1) is 29.7 Å². The topological polar surface area (TPSA) is 94.4 Å². The van der Waals surface area contributed by atoms with Gasteiger partial charge in [-0.2, -0.15) is 0 Å². The summed E-state index contributed by atoms with van der Waals surface area (Å²) in [6.45, 7) is 0.872. The third-order valence-electron chi connectivity index (χ3n) is 2.25. The van der Waals surface area contributed by atoms with Crippen molar-refractivity contribution >= 4 is 23.2 Å². The molecule has 0 atom stereocenters. The minimum atomic E-state index is -0.632. The summed E-state index contributed by atoms with van der Waals surface area (Å²) >= 11 is 5.71. The maximum Gasteiger partial charge on any atom is 0.288 e. The van der Waals surface area contributed by atoms with Crippen molar-refractivity contribution in [3.8, 4) is 0 Å². The molecule has 1 aliphatic heterocycles. The van der Waals surface area contributed by atoms with Crippen LogP contribution in [0.4, 0.5) is 5.69 Å². The normalized spacial score (nSPS) is 15.1. The maximum absolute atomic E-state index is 11.7. The SMILES string of the molecule is O=C(NC1COC1)c1cc([N+](=O)[O-])cnc1Cl. The number of ether oxygens (including phenoxy) is 1. The van der Waals surface area contributed by atoms with Gasteiger partial charge in [-0.3, -0.25) is 14.9 Å². The molecular weight excluding hydrogens is 250 g/mol. The summed E-state index contributed by atoms with van der Waals surface area (Å²) in [5.74, 6) is -0.487. The van der Waals surface area contributed by atoms with Crippen LogP contribution in [-0.2, 0) is 4.74 Å². The highest BCUT2D eigenvalue weighted by molar-refractivity contribution is 6.32. The fourth-order valence-corrected chi connectivity index (χ4v) is 1.47. The number of amides is 1. The van der Waals surface area contributed by atoms with Crippen molar-refractivity contribution < 1.29 is 14.5 Å². The van der Waals surface area contributed by atoms with Gasteiger partial charge in [0.25, 0.3) is 11.6 Å². The second kappa shape index (κ2) is 4.64. The average Bonchev–Trinajstić information content (AvgIpc) is 2.23. The van der Waals surface area contributed by atoms with Crippen LogP contribution < -0.4 is 5.32 Å². The van der Waals surface area contributed by atoms with Crippen LogP contribution >= 0.6 is 11.6 Å². The molecule has 0 saturated carbocycles. The van der Waals surface area contributed by atoms with Crippen LogP contribution in [0, 0.1) is 10.1 Å². The fraction of sp³-hybridized carbons (Fsp3) is 0.333. The van der Waals surface area contributed by atoms with Gasteiger partial charge in [0.2, 0.25) is 0 Å². The van der Waals surface area contributed by atoms with Crippen LogP contribution in [0.25, 0.3) is 0 Å². The molecule has 1 amide bonds. The molecule has 0 aromatic carbocycles. The van der Waals surface area contributed by atoms with E-state index in [4.69, 9.17) is 16.3 Å². The van der Waals surface area contributed by atoms with Crippen molar-refractivity contribution in [1.29, 1.82) is 0 Å². The number of nitrogens with zero attached hydrogens (tertiary/aromatic N) is 2. The smallest absolute Gasteiger partial charge is 0.288 e. The monoisotopic (exact) mass is 257 g/mol. The van der Waals surface area contributed by atoms with E-state index in [2.05, 4.69) is 10.3 Å². The van der Waals surface area contributed by atoms with Crippen LogP contribution in [0.1, 0.15) is 10.4 Å². The number of halogens is 1. The molecule has 1 aromatic rings. The second-order valence-corrected chi connectivity index (χ2v) is 3.85. The lowest BCUT2D eigenvalue weighted by atomic mass is 10.2. The highest BCUT2D eigenvalue weighted by atomic mass is 35.5. The van der Waals surface area contributed by atoms with Gasteiger partial charge in [0, 0.05) is 6.07 Å². The predicted octanol–water partition coefficient (Wildman–Crippen LogP) is 0.772. The Bertz CT molecular complexity index is 475. The van der Waals surface area contributed by atoms with E-state index in [9.17, 15) is 14.9 Å². The predicted molar refractivity (Wildman–Crippen MR) is 58.0 cm³/mol. The van der Waals surface area contributed by atoms with Crippen LogP contribution in [0.3, 0.4) is 0 Å². The Balaban J connectivity index is 2.20. The molecule has 1 aromatic heterocycles. The molecule has 0 bridgehead atoms. The number of carbonyl (C=O) groups is 1. The van der Waals surface area contributed by atoms with Gasteiger partial charge in [0.1, 0.15) is 11.3 Å². The molecule has 0 radical (unpaired) electrons. The summed E-state index contributed by atoms with van der Waals surface area (Å²) in [5, 5.41) is 13.1. The van der Waals surface area contributed by atoms with Crippen molar-refractivity contribution in [3.63, 3.8) is 0 Å². The fourth-order valence-electron chi connectivity index (χ4n) is 1.28. The summed E-state index contributed by atoms with van der Waals surface area (Å²) in [6, 6.07) is 1.03. The number of pyridine rings is 1. The molecule has 1 saturated heterocycles. The van der Waals surface area contributed by atoms with Crippen molar-refractivity contribution in [2.24, 2.45) is 0 Å². The molecule has 17 heavy (non-hydrogen) atoms. The number of nitrogens with one attached hydrogen (secondary N) is 1. The van der Waals surface area contributed by atoms with Gasteiger partial charge in [-0.05, 0) is 0 Å². The summed E-state index contributed by atoms with van der Waals surface area (Å²) in [5.41, 5.74) is -0.280. The van der Waals surface area contributed by atoms with Crippen molar-refractivity contribution in [2.75, 3.05) is 13.2 Å². The number of carbonyl (C=O) groups excluding carboxylic acids is 1. The molecule has 7 nitrogen and oxygen atoms in total. The molecule has 1 fully saturated rings. The van der Waals surface area contributed by atoms with E-state index in [0.717, 1.165) is 12.3 Å². The molecule has 2 rings (SSSR count). The number of nitro groups is 1. The molecule has 1 aliphatic rings. The standard InChI is InChI=1S/C9H8ClN3O4/c10-8-7(1-6(2-11-8)13(15)16)9(14)12-5-3-17-4-5/h1-2,5H,3-4H2,(H,12,14). The number of aromatic nitrogens is 1. The minimum Gasteiger partial charge on any atom is -0.377 e. The summed E-state index contributed by atoms with van der Waals surface area (Å²) in [4.78, 5) is 25.2. The quantitative estimate of drug-likeness (QED) is 0.490. The average molecular weight is 258 g/mol. The number of rotatable bonds is 3. The summed E-state index contributed by atoms with van der Waals surface area (Å²) in [6.07, 6.45) is 1.01. The minimum absolute atomic E-state index is 0.00670. The van der Waals surface area contributed by atoms with Crippen LogP contribution in [-0.4, -0.2) is 35.1 Å². The number of hydrogen-bond donors (Lipinski definition) is 1. The third kappa shape index (κ3) is 2.51. The van der Waals surface area contributed by atoms with Crippen LogP contribution in [0.5, 0.6) is 0 Å². The zero-order chi connectivity index (χ0) is 12.4. The first-order chi connectivity index (χ1) is 8.08. The Hall–Kier alpha value is -1.73. The first-order valence-electron chi connectivity index (χ1n) is 4.76. The largest absolute Gasteiger partial charge is 0.377 e. The Morgan fingerprint density at radius 2 is 2.35 bits per heavy atom. The van der Waals surface area contributed by atoms with E-state index < -0.39 is 10.8 Å². The lowest BCUT2D eigenvalue weighted by molar-refractivity contribution is -0.385. The van der Waals surface area contributed by atoms with Crippen LogP contribution in [0.2, 0.25) is 5.15 Å². The van der Waals surface area contributed by atoms with Crippen molar-refractivity contribution in [2.45, 2.75) is 6.04 Å². The molecule has 2 heterocycles. The van der Waals surface area contributed by atoms with Gasteiger partial charge >= 0.3 is 0 Å².